The Morgan fingerprint density at radius 3 is 2.69 bits per heavy atom. The summed E-state index contributed by atoms with van der Waals surface area (Å²) in [7, 11) is 0. The molecule has 1 N–H and O–H groups in total. The van der Waals surface area contributed by atoms with Crippen LogP contribution in [0.2, 0.25) is 0 Å². The summed E-state index contributed by atoms with van der Waals surface area (Å²) >= 11 is 0. The Morgan fingerprint density at radius 2 is 2.06 bits per heavy atom. The number of carboxylic acid groups (broad SMARTS) is 1. The summed E-state index contributed by atoms with van der Waals surface area (Å²) in [4.78, 5) is 22.8. The lowest BCUT2D eigenvalue weighted by Gasteiger charge is -2.09. The molecule has 0 fully saturated rings. The summed E-state index contributed by atoms with van der Waals surface area (Å²) < 4.78 is 1.76. The van der Waals surface area contributed by atoms with E-state index >= 15 is 0 Å². The number of hydrogen-bond acceptors (Lipinski definition) is 2. The molecule has 0 radical (unpaired) electrons. The van der Waals surface area contributed by atoms with Gasteiger partial charge in [0.05, 0.1) is 5.52 Å². The third kappa shape index (κ3) is 1.48. The number of pyridine rings is 1. The van der Waals surface area contributed by atoms with Crippen molar-refractivity contribution in [3.8, 4) is 0 Å². The number of benzene rings is 1. The van der Waals surface area contributed by atoms with Gasteiger partial charge in [0.25, 0.3) is 0 Å². The zero-order valence-corrected chi connectivity index (χ0v) is 8.80. The quantitative estimate of drug-likeness (QED) is 0.833. The van der Waals surface area contributed by atoms with E-state index in [0.29, 0.717) is 11.9 Å². The van der Waals surface area contributed by atoms with Crippen molar-refractivity contribution in [2.24, 2.45) is 0 Å². The fraction of sp³-hybridized carbons (Fsp3) is 0.167. The second-order valence-corrected chi connectivity index (χ2v) is 3.48. The molecule has 16 heavy (non-hydrogen) atoms. The average Bonchev–Trinajstić information content (AvgIpc) is 2.29. The van der Waals surface area contributed by atoms with Gasteiger partial charge in [0.2, 0.25) is 5.43 Å². The van der Waals surface area contributed by atoms with Gasteiger partial charge in [-0.1, -0.05) is 12.1 Å². The zero-order chi connectivity index (χ0) is 11.7. The summed E-state index contributed by atoms with van der Waals surface area (Å²) in [5.41, 5.74) is 0.161. The maximum atomic E-state index is 11.8. The summed E-state index contributed by atoms with van der Waals surface area (Å²) in [5.74, 6) is -1.18. The van der Waals surface area contributed by atoms with Crippen LogP contribution in [0.4, 0.5) is 0 Å². The number of aromatic carboxylic acids is 1. The second-order valence-electron chi connectivity index (χ2n) is 3.48. The molecule has 2 aromatic rings. The molecule has 0 amide bonds. The van der Waals surface area contributed by atoms with Crippen molar-refractivity contribution in [3.63, 3.8) is 0 Å². The molecule has 0 unspecified atom stereocenters. The first kappa shape index (κ1) is 10.4. The van der Waals surface area contributed by atoms with Crippen molar-refractivity contribution in [2.75, 3.05) is 0 Å². The van der Waals surface area contributed by atoms with E-state index in [9.17, 15) is 9.59 Å². The third-order valence-corrected chi connectivity index (χ3v) is 2.56. The van der Waals surface area contributed by atoms with Crippen LogP contribution in [0.1, 0.15) is 17.3 Å². The van der Waals surface area contributed by atoms with E-state index in [4.69, 9.17) is 5.11 Å². The Hall–Kier alpha value is -2.10. The highest BCUT2D eigenvalue weighted by molar-refractivity contribution is 5.92. The smallest absolute Gasteiger partial charge is 0.341 e. The van der Waals surface area contributed by atoms with Gasteiger partial charge in [-0.05, 0) is 19.1 Å². The second kappa shape index (κ2) is 3.81. The monoisotopic (exact) mass is 217 g/mol. The highest BCUT2D eigenvalue weighted by atomic mass is 16.4. The Bertz CT molecular complexity index is 613. The van der Waals surface area contributed by atoms with Crippen LogP contribution in [0.3, 0.4) is 0 Å². The number of carboxylic acids is 1. The lowest BCUT2D eigenvalue weighted by atomic mass is 10.1. The minimum atomic E-state index is -1.18. The Kier molecular flexibility index (Phi) is 2.48. The van der Waals surface area contributed by atoms with Gasteiger partial charge in [-0.2, -0.15) is 0 Å². The Balaban J connectivity index is 2.94. The van der Waals surface area contributed by atoms with E-state index in [-0.39, 0.29) is 5.56 Å². The van der Waals surface area contributed by atoms with Crippen LogP contribution in [0, 0.1) is 0 Å². The van der Waals surface area contributed by atoms with Gasteiger partial charge in [0, 0.05) is 18.1 Å². The summed E-state index contributed by atoms with van der Waals surface area (Å²) in [6.07, 6.45) is 1.40. The van der Waals surface area contributed by atoms with E-state index in [1.807, 2.05) is 19.1 Å². The summed E-state index contributed by atoms with van der Waals surface area (Å²) in [6.45, 7) is 2.53. The maximum absolute atomic E-state index is 11.8. The fourth-order valence-electron chi connectivity index (χ4n) is 1.76. The van der Waals surface area contributed by atoms with Crippen LogP contribution in [0.5, 0.6) is 0 Å². The van der Waals surface area contributed by atoms with Gasteiger partial charge in [0.1, 0.15) is 5.56 Å². The number of para-hydroxylation sites is 1. The highest BCUT2D eigenvalue weighted by Crippen LogP contribution is 2.11. The van der Waals surface area contributed by atoms with Crippen molar-refractivity contribution < 1.29 is 9.90 Å². The number of aromatic nitrogens is 1. The first-order valence-corrected chi connectivity index (χ1v) is 5.00. The Morgan fingerprint density at radius 1 is 1.38 bits per heavy atom. The molecular weight excluding hydrogens is 206 g/mol. The minimum absolute atomic E-state index is 0.180. The van der Waals surface area contributed by atoms with Crippen LogP contribution in [-0.4, -0.2) is 15.6 Å². The molecule has 0 aliphatic carbocycles. The molecule has 0 aliphatic rings. The molecular formula is C12H11NO3. The SMILES string of the molecule is CCn1cc(C(=O)O)c(=O)c2ccccc21. The Labute approximate surface area is 91.8 Å². The normalized spacial score (nSPS) is 10.6. The van der Waals surface area contributed by atoms with Gasteiger partial charge in [-0.15, -0.1) is 0 Å². The van der Waals surface area contributed by atoms with Crippen LogP contribution in [-0.2, 0) is 6.54 Å². The topological polar surface area (TPSA) is 59.3 Å². The molecule has 0 spiro atoms. The van der Waals surface area contributed by atoms with E-state index in [1.165, 1.54) is 6.20 Å². The van der Waals surface area contributed by atoms with Crippen LogP contribution in [0.15, 0.2) is 35.3 Å². The summed E-state index contributed by atoms with van der Waals surface area (Å²) in [6, 6.07) is 7.02. The van der Waals surface area contributed by atoms with E-state index in [0.717, 1.165) is 5.52 Å². The van der Waals surface area contributed by atoms with Gasteiger partial charge < -0.3 is 9.67 Å². The number of carbonyl (C=O) groups is 1. The van der Waals surface area contributed by atoms with Crippen molar-refractivity contribution >= 4 is 16.9 Å². The molecule has 1 aromatic heterocycles. The van der Waals surface area contributed by atoms with Crippen molar-refractivity contribution in [2.45, 2.75) is 13.5 Å². The molecule has 0 atom stereocenters. The van der Waals surface area contributed by atoms with Crippen LogP contribution in [0.25, 0.3) is 10.9 Å². The van der Waals surface area contributed by atoms with Crippen molar-refractivity contribution in [3.05, 3.63) is 46.2 Å². The van der Waals surface area contributed by atoms with E-state index in [1.54, 1.807) is 16.7 Å². The molecule has 0 saturated carbocycles. The lowest BCUT2D eigenvalue weighted by molar-refractivity contribution is 0.0695. The third-order valence-electron chi connectivity index (χ3n) is 2.56. The van der Waals surface area contributed by atoms with Crippen LogP contribution >= 0.6 is 0 Å². The molecule has 0 saturated heterocycles. The molecule has 4 heteroatoms. The van der Waals surface area contributed by atoms with E-state index < -0.39 is 11.4 Å². The number of hydrogen-bond donors (Lipinski definition) is 1. The van der Waals surface area contributed by atoms with Gasteiger partial charge >= 0.3 is 5.97 Å². The van der Waals surface area contributed by atoms with Gasteiger partial charge in [0.15, 0.2) is 0 Å². The number of fused-ring (bicyclic) bond motifs is 1. The fourth-order valence-corrected chi connectivity index (χ4v) is 1.76. The summed E-state index contributed by atoms with van der Waals surface area (Å²) in [5, 5.41) is 9.38. The first-order valence-electron chi connectivity index (χ1n) is 5.00. The molecule has 2 rings (SSSR count). The number of rotatable bonds is 2. The largest absolute Gasteiger partial charge is 0.477 e. The first-order chi connectivity index (χ1) is 7.65. The zero-order valence-electron chi connectivity index (χ0n) is 8.80. The average molecular weight is 217 g/mol. The van der Waals surface area contributed by atoms with Crippen molar-refractivity contribution in [1.29, 1.82) is 0 Å². The lowest BCUT2D eigenvalue weighted by Crippen LogP contribution is -2.18. The van der Waals surface area contributed by atoms with Gasteiger partial charge in [-0.25, -0.2) is 4.79 Å². The highest BCUT2D eigenvalue weighted by Gasteiger charge is 2.12. The molecule has 0 aliphatic heterocycles. The number of nitrogens with zero attached hydrogens (tertiary/aromatic N) is 1. The molecule has 1 heterocycles. The predicted octanol–water partition coefficient (Wildman–Crippen LogP) is 1.72. The molecule has 1 aromatic carbocycles. The molecule has 82 valence electrons. The molecule has 4 nitrogen and oxygen atoms in total. The van der Waals surface area contributed by atoms with Crippen LogP contribution < -0.4 is 5.43 Å². The van der Waals surface area contributed by atoms with E-state index in [2.05, 4.69) is 0 Å². The standard InChI is InChI=1S/C12H11NO3/c1-2-13-7-9(12(15)16)11(14)8-5-3-4-6-10(8)13/h3-7H,2H2,1H3,(H,15,16). The minimum Gasteiger partial charge on any atom is -0.477 e. The van der Waals surface area contributed by atoms with Crippen molar-refractivity contribution in [1.82, 2.24) is 4.57 Å². The molecule has 0 bridgehead atoms. The predicted molar refractivity (Wildman–Crippen MR) is 60.8 cm³/mol. The van der Waals surface area contributed by atoms with Gasteiger partial charge in [-0.3, -0.25) is 4.79 Å². The maximum Gasteiger partial charge on any atom is 0.341 e. The number of aryl methyl sites for hydroxylation is 1.